The topological polar surface area (TPSA) is 90.4 Å². The van der Waals surface area contributed by atoms with Crippen LogP contribution in [0.15, 0.2) is 73.8 Å². The smallest absolute Gasteiger partial charge is 0.251 e. The number of anilines is 2. The average Bonchev–Trinajstić information content (AvgIpc) is 3.60. The first-order chi connectivity index (χ1) is 22.0. The molecule has 0 aliphatic carbocycles. The van der Waals surface area contributed by atoms with Crippen molar-refractivity contribution < 1.29 is 24.2 Å². The molecule has 46 heavy (non-hydrogen) atoms. The van der Waals surface area contributed by atoms with Crippen molar-refractivity contribution in [3.05, 3.63) is 78.9 Å². The standard InChI is InChI=1S/C36H44ClN3O5S/c1-7-20-38(26-14-16-27(17-15-26)45-9-3)32(42)29-30-33(43)40(28(22-41)23(4)5)31(36(30)19-18-35(29,6)46-36)34(44)39(21-8-2)25-12-10-24(37)11-13-25/h7-8,10-17,23,28-31,41H,1-2,9,18-22H2,3-6H3/t28-,29+,30-,31?,35-,36?/m0/s1. The largest absolute Gasteiger partial charge is 0.494 e. The van der Waals surface area contributed by atoms with E-state index in [1.54, 1.807) is 62.9 Å². The zero-order valence-corrected chi connectivity index (χ0v) is 28.6. The minimum atomic E-state index is -0.886. The SMILES string of the molecule is C=CCN(C(=O)C1N([C@@H](CO)C(C)C)C(=O)[C@@H]2[C@H](C(=O)N(CC=C)c3ccc(OCC)cc3)[C@]3(C)CCC12S3)c1ccc(Cl)cc1. The van der Waals surface area contributed by atoms with Gasteiger partial charge in [0.2, 0.25) is 11.8 Å². The average molecular weight is 666 g/mol. The molecule has 2 bridgehead atoms. The third-order valence-electron chi connectivity index (χ3n) is 9.78. The summed E-state index contributed by atoms with van der Waals surface area (Å²) < 4.78 is 4.20. The molecule has 2 aromatic carbocycles. The third-order valence-corrected chi connectivity index (χ3v) is 12.0. The van der Waals surface area contributed by atoms with Crippen LogP contribution in [-0.4, -0.2) is 75.6 Å². The predicted molar refractivity (Wildman–Crippen MR) is 185 cm³/mol. The fourth-order valence-electron chi connectivity index (χ4n) is 7.73. The Bertz CT molecular complexity index is 1480. The number of benzene rings is 2. The van der Waals surface area contributed by atoms with E-state index >= 15 is 0 Å². The number of rotatable bonds is 13. The summed E-state index contributed by atoms with van der Waals surface area (Å²) in [6, 6.07) is 12.9. The Morgan fingerprint density at radius 3 is 2.13 bits per heavy atom. The van der Waals surface area contributed by atoms with Crippen LogP contribution in [0, 0.1) is 17.8 Å². The van der Waals surface area contributed by atoms with Gasteiger partial charge in [-0.05, 0) is 81.1 Å². The van der Waals surface area contributed by atoms with Crippen LogP contribution in [0.4, 0.5) is 11.4 Å². The van der Waals surface area contributed by atoms with Gasteiger partial charge in [0, 0.05) is 34.2 Å². The van der Waals surface area contributed by atoms with E-state index in [0.29, 0.717) is 41.6 Å². The molecule has 3 aliphatic rings. The van der Waals surface area contributed by atoms with Crippen LogP contribution in [0.2, 0.25) is 5.02 Å². The molecular formula is C36H44ClN3O5S. The van der Waals surface area contributed by atoms with Gasteiger partial charge in [-0.2, -0.15) is 0 Å². The van der Waals surface area contributed by atoms with E-state index in [-0.39, 0.29) is 43.3 Å². The van der Waals surface area contributed by atoms with Crippen LogP contribution in [0.3, 0.4) is 0 Å². The van der Waals surface area contributed by atoms with Crippen LogP contribution in [0.1, 0.15) is 40.5 Å². The maximum atomic E-state index is 14.9. The number of amides is 3. The van der Waals surface area contributed by atoms with Gasteiger partial charge in [0.15, 0.2) is 0 Å². The molecule has 3 saturated heterocycles. The first-order valence-electron chi connectivity index (χ1n) is 15.9. The third kappa shape index (κ3) is 5.64. The van der Waals surface area contributed by atoms with Gasteiger partial charge in [0.25, 0.3) is 5.91 Å². The van der Waals surface area contributed by atoms with Gasteiger partial charge >= 0.3 is 0 Å². The highest BCUT2D eigenvalue weighted by atomic mass is 35.5. The summed E-state index contributed by atoms with van der Waals surface area (Å²) in [5, 5.41) is 11.2. The fourth-order valence-corrected chi connectivity index (χ4v) is 10.2. The Labute approximate surface area is 281 Å². The maximum Gasteiger partial charge on any atom is 0.251 e. The number of aliphatic hydroxyl groups is 1. The first-order valence-corrected chi connectivity index (χ1v) is 17.1. The number of hydrogen-bond donors (Lipinski definition) is 1. The fraction of sp³-hybridized carbons (Fsp3) is 0.472. The van der Waals surface area contributed by atoms with Crippen LogP contribution in [0.5, 0.6) is 5.75 Å². The van der Waals surface area contributed by atoms with E-state index in [9.17, 15) is 19.5 Å². The van der Waals surface area contributed by atoms with Crippen molar-refractivity contribution in [3.8, 4) is 5.75 Å². The molecule has 3 heterocycles. The molecule has 3 amide bonds. The molecule has 2 unspecified atom stereocenters. The molecule has 10 heteroatoms. The molecule has 1 spiro atoms. The monoisotopic (exact) mass is 665 g/mol. The first kappa shape index (κ1) is 34.1. The zero-order valence-electron chi connectivity index (χ0n) is 27.0. The molecule has 0 saturated carbocycles. The lowest BCUT2D eigenvalue weighted by Gasteiger charge is -2.40. The second kappa shape index (κ2) is 13.5. The summed E-state index contributed by atoms with van der Waals surface area (Å²) >= 11 is 7.79. The van der Waals surface area contributed by atoms with Crippen molar-refractivity contribution in [2.75, 3.05) is 36.1 Å². The van der Waals surface area contributed by atoms with Crippen molar-refractivity contribution >= 4 is 52.5 Å². The van der Waals surface area contributed by atoms with Gasteiger partial charge in [-0.3, -0.25) is 14.4 Å². The van der Waals surface area contributed by atoms with Gasteiger partial charge in [0.1, 0.15) is 11.8 Å². The van der Waals surface area contributed by atoms with E-state index in [1.165, 1.54) is 0 Å². The molecule has 246 valence electrons. The molecule has 5 rings (SSSR count). The van der Waals surface area contributed by atoms with Gasteiger partial charge in [-0.1, -0.05) is 37.6 Å². The lowest BCUT2D eigenvalue weighted by atomic mass is 9.66. The molecule has 2 aromatic rings. The van der Waals surface area contributed by atoms with Crippen molar-refractivity contribution in [1.82, 2.24) is 4.90 Å². The Kier molecular flexibility index (Phi) is 9.97. The molecule has 1 N–H and O–H groups in total. The number of carbonyl (C=O) groups excluding carboxylic acids is 3. The summed E-state index contributed by atoms with van der Waals surface area (Å²) in [5.41, 5.74) is 1.32. The molecule has 8 nitrogen and oxygen atoms in total. The maximum absolute atomic E-state index is 14.9. The zero-order chi connectivity index (χ0) is 33.4. The number of fused-ring (bicyclic) bond motifs is 1. The Morgan fingerprint density at radius 2 is 1.61 bits per heavy atom. The lowest BCUT2D eigenvalue weighted by Crippen LogP contribution is -2.58. The quantitative estimate of drug-likeness (QED) is 0.265. The second-order valence-corrected chi connectivity index (χ2v) is 15.2. The van der Waals surface area contributed by atoms with E-state index < -0.39 is 33.4 Å². The van der Waals surface area contributed by atoms with Crippen molar-refractivity contribution in [3.63, 3.8) is 0 Å². The van der Waals surface area contributed by atoms with Gasteiger partial charge in [0.05, 0.1) is 35.8 Å². The van der Waals surface area contributed by atoms with E-state index in [4.69, 9.17) is 16.3 Å². The Morgan fingerprint density at radius 1 is 1.04 bits per heavy atom. The highest BCUT2D eigenvalue weighted by molar-refractivity contribution is 8.02. The number of likely N-dealkylation sites (tertiary alicyclic amines) is 1. The van der Waals surface area contributed by atoms with Crippen LogP contribution in [-0.2, 0) is 14.4 Å². The predicted octanol–water partition coefficient (Wildman–Crippen LogP) is 5.98. The minimum absolute atomic E-state index is 0.129. The summed E-state index contributed by atoms with van der Waals surface area (Å²) in [5.74, 6) is -1.52. The number of thioether (sulfide) groups is 1. The van der Waals surface area contributed by atoms with Crippen molar-refractivity contribution in [2.45, 2.75) is 62.1 Å². The number of halogens is 1. The minimum Gasteiger partial charge on any atom is -0.494 e. The molecule has 6 atom stereocenters. The van der Waals surface area contributed by atoms with Crippen molar-refractivity contribution in [1.29, 1.82) is 0 Å². The normalized spacial score (nSPS) is 27.0. The van der Waals surface area contributed by atoms with E-state index in [1.807, 2.05) is 45.0 Å². The number of ether oxygens (including phenoxy) is 1. The van der Waals surface area contributed by atoms with Gasteiger partial charge < -0.3 is 24.5 Å². The summed E-state index contributed by atoms with van der Waals surface area (Å²) in [6.07, 6.45) is 4.62. The van der Waals surface area contributed by atoms with Crippen molar-refractivity contribution in [2.24, 2.45) is 17.8 Å². The molecular weight excluding hydrogens is 622 g/mol. The lowest BCUT2D eigenvalue weighted by molar-refractivity contribution is -0.143. The van der Waals surface area contributed by atoms with Crippen LogP contribution < -0.4 is 14.5 Å². The summed E-state index contributed by atoms with van der Waals surface area (Å²) in [4.78, 5) is 49.4. The van der Waals surface area contributed by atoms with Gasteiger partial charge in [-0.25, -0.2) is 0 Å². The Balaban J connectivity index is 1.61. The summed E-state index contributed by atoms with van der Waals surface area (Å²) in [6.45, 7) is 16.4. The number of aliphatic hydroxyl groups excluding tert-OH is 1. The number of nitrogens with zero attached hydrogens (tertiary/aromatic N) is 3. The highest BCUT2D eigenvalue weighted by Gasteiger charge is 2.78. The molecule has 0 aromatic heterocycles. The van der Waals surface area contributed by atoms with Crippen LogP contribution in [0.25, 0.3) is 0 Å². The number of carbonyl (C=O) groups is 3. The molecule has 0 radical (unpaired) electrons. The number of hydrogen-bond acceptors (Lipinski definition) is 6. The molecule has 3 fully saturated rings. The van der Waals surface area contributed by atoms with E-state index in [2.05, 4.69) is 20.1 Å². The second-order valence-electron chi connectivity index (χ2n) is 12.8. The van der Waals surface area contributed by atoms with Crippen LogP contribution >= 0.6 is 23.4 Å². The summed E-state index contributed by atoms with van der Waals surface area (Å²) in [7, 11) is 0. The Hall–Kier alpha value is -3.27. The van der Waals surface area contributed by atoms with E-state index in [0.717, 1.165) is 0 Å². The molecule has 3 aliphatic heterocycles. The highest BCUT2D eigenvalue weighted by Crippen LogP contribution is 2.72. The van der Waals surface area contributed by atoms with Gasteiger partial charge in [-0.15, -0.1) is 24.9 Å².